The lowest BCUT2D eigenvalue weighted by molar-refractivity contribution is 0.626. The van der Waals surface area contributed by atoms with Gasteiger partial charge in [0, 0.05) is 10.5 Å². The van der Waals surface area contributed by atoms with Gasteiger partial charge in [0.05, 0.1) is 9.90 Å². The van der Waals surface area contributed by atoms with Crippen molar-refractivity contribution >= 4 is 28.1 Å². The van der Waals surface area contributed by atoms with Crippen molar-refractivity contribution in [1.29, 1.82) is 0 Å². The van der Waals surface area contributed by atoms with Crippen LogP contribution < -0.4 is 0 Å². The van der Waals surface area contributed by atoms with Crippen molar-refractivity contribution in [1.82, 2.24) is 14.6 Å². The fourth-order valence-electron chi connectivity index (χ4n) is 2.19. The molecule has 0 spiro atoms. The number of rotatable bonds is 3. The Morgan fingerprint density at radius 2 is 1.77 bits per heavy atom. The topological polar surface area (TPSA) is 30.2 Å². The van der Waals surface area contributed by atoms with E-state index in [-0.39, 0.29) is 5.82 Å². The molecule has 108 valence electrons. The summed E-state index contributed by atoms with van der Waals surface area (Å²) in [5, 5.41) is 4.31. The zero-order valence-corrected chi connectivity index (χ0v) is 12.9. The molecule has 0 unspecified atom stereocenters. The normalized spacial score (nSPS) is 11.1. The van der Waals surface area contributed by atoms with E-state index in [9.17, 15) is 4.39 Å². The van der Waals surface area contributed by atoms with Crippen molar-refractivity contribution in [3.8, 4) is 11.3 Å². The van der Waals surface area contributed by atoms with Crippen molar-refractivity contribution in [3.63, 3.8) is 0 Å². The molecule has 2 heterocycles. The molecule has 0 fully saturated rings. The van der Waals surface area contributed by atoms with E-state index in [1.807, 2.05) is 22.7 Å². The Hall–Kier alpha value is -2.18. The van der Waals surface area contributed by atoms with E-state index in [1.165, 1.54) is 12.1 Å². The number of aromatic nitrogens is 3. The summed E-state index contributed by atoms with van der Waals surface area (Å²) >= 11 is 3.18. The van der Waals surface area contributed by atoms with E-state index in [0.29, 0.717) is 0 Å². The minimum atomic E-state index is -0.227. The van der Waals surface area contributed by atoms with Crippen LogP contribution in [0.25, 0.3) is 16.2 Å². The molecule has 0 amide bonds. The molecule has 6 heteroatoms. The Balaban J connectivity index is 1.83. The van der Waals surface area contributed by atoms with Gasteiger partial charge >= 0.3 is 0 Å². The minimum absolute atomic E-state index is 0.227. The summed E-state index contributed by atoms with van der Waals surface area (Å²) in [6, 6.07) is 16.6. The summed E-state index contributed by atoms with van der Waals surface area (Å²) in [7, 11) is 0. The molecule has 0 saturated carbocycles. The molecule has 2 aromatic carbocycles. The highest BCUT2D eigenvalue weighted by Gasteiger charge is 2.16. The van der Waals surface area contributed by atoms with Gasteiger partial charge in [0.2, 0.25) is 4.96 Å². The highest BCUT2D eigenvalue weighted by molar-refractivity contribution is 8.01. The van der Waals surface area contributed by atoms with Gasteiger partial charge in [-0.2, -0.15) is 5.10 Å². The lowest BCUT2D eigenvalue weighted by Crippen LogP contribution is -1.89. The zero-order chi connectivity index (χ0) is 14.9. The first-order valence-electron chi connectivity index (χ1n) is 6.62. The quantitative estimate of drug-likeness (QED) is 0.544. The molecule has 2 aromatic heterocycles. The van der Waals surface area contributed by atoms with Crippen LogP contribution in [0.1, 0.15) is 0 Å². The third-order valence-electron chi connectivity index (χ3n) is 3.18. The van der Waals surface area contributed by atoms with E-state index in [2.05, 4.69) is 22.2 Å². The maximum absolute atomic E-state index is 13.1. The molecule has 0 saturated heterocycles. The maximum atomic E-state index is 13.1. The van der Waals surface area contributed by atoms with Crippen LogP contribution >= 0.6 is 23.1 Å². The molecular formula is C16H10FN3S2. The van der Waals surface area contributed by atoms with Crippen LogP contribution in [0.15, 0.2) is 70.0 Å². The average Bonchev–Trinajstić information content (AvgIpc) is 3.11. The van der Waals surface area contributed by atoms with Crippen LogP contribution in [-0.2, 0) is 0 Å². The van der Waals surface area contributed by atoms with Crippen molar-refractivity contribution in [2.45, 2.75) is 9.10 Å². The van der Waals surface area contributed by atoms with Gasteiger partial charge in [-0.25, -0.2) is 13.9 Å². The van der Waals surface area contributed by atoms with Gasteiger partial charge in [-0.15, -0.1) is 0 Å². The molecular weight excluding hydrogens is 317 g/mol. The predicted molar refractivity (Wildman–Crippen MR) is 86.8 cm³/mol. The maximum Gasteiger partial charge on any atom is 0.213 e. The van der Waals surface area contributed by atoms with Gasteiger partial charge in [0.25, 0.3) is 0 Å². The Labute approximate surface area is 134 Å². The molecule has 3 nitrogen and oxygen atoms in total. The van der Waals surface area contributed by atoms with E-state index < -0.39 is 0 Å². The summed E-state index contributed by atoms with van der Waals surface area (Å²) in [5.74, 6) is -0.227. The SMILES string of the molecule is Fc1ccc(Sc2sc3ncnn3c2-c2ccccc2)cc1. The second-order valence-electron chi connectivity index (χ2n) is 4.61. The number of halogens is 1. The van der Waals surface area contributed by atoms with Crippen LogP contribution in [0.2, 0.25) is 0 Å². The molecule has 0 radical (unpaired) electrons. The largest absolute Gasteiger partial charge is 0.213 e. The molecule has 0 aliphatic carbocycles. The van der Waals surface area contributed by atoms with Gasteiger partial charge in [-0.3, -0.25) is 0 Å². The van der Waals surface area contributed by atoms with Gasteiger partial charge < -0.3 is 0 Å². The molecule has 0 bridgehead atoms. The van der Waals surface area contributed by atoms with Crippen LogP contribution in [0, 0.1) is 5.82 Å². The smallest absolute Gasteiger partial charge is 0.207 e. The fraction of sp³-hybridized carbons (Fsp3) is 0. The monoisotopic (exact) mass is 327 g/mol. The number of fused-ring (bicyclic) bond motifs is 1. The van der Waals surface area contributed by atoms with Crippen LogP contribution in [0.5, 0.6) is 0 Å². The highest BCUT2D eigenvalue weighted by atomic mass is 32.2. The summed E-state index contributed by atoms with van der Waals surface area (Å²) in [5.41, 5.74) is 2.11. The van der Waals surface area contributed by atoms with E-state index >= 15 is 0 Å². The molecule has 4 aromatic rings. The summed E-state index contributed by atoms with van der Waals surface area (Å²) < 4.78 is 16.0. The first-order chi connectivity index (χ1) is 10.8. The number of benzene rings is 2. The summed E-state index contributed by atoms with van der Waals surface area (Å²) in [6.07, 6.45) is 1.56. The standard InChI is InChI=1S/C16H10FN3S2/c17-12-6-8-13(9-7-12)21-15-14(11-4-2-1-3-5-11)20-16(22-15)18-10-19-20/h1-10H. The van der Waals surface area contributed by atoms with Gasteiger partial charge in [0.15, 0.2) is 0 Å². The van der Waals surface area contributed by atoms with Gasteiger partial charge in [-0.1, -0.05) is 53.4 Å². The first kappa shape index (κ1) is 13.5. The Morgan fingerprint density at radius 3 is 2.55 bits per heavy atom. The third-order valence-corrected chi connectivity index (χ3v) is 5.40. The van der Waals surface area contributed by atoms with Gasteiger partial charge in [-0.05, 0) is 24.3 Å². The van der Waals surface area contributed by atoms with E-state index in [0.717, 1.165) is 25.3 Å². The molecule has 0 atom stereocenters. The molecule has 0 aliphatic heterocycles. The molecule has 22 heavy (non-hydrogen) atoms. The predicted octanol–water partition coefficient (Wildman–Crippen LogP) is 4.75. The van der Waals surface area contributed by atoms with Crippen molar-refractivity contribution in [3.05, 3.63) is 66.7 Å². The second-order valence-corrected chi connectivity index (χ2v) is 6.93. The lowest BCUT2D eigenvalue weighted by atomic mass is 10.2. The van der Waals surface area contributed by atoms with Crippen molar-refractivity contribution in [2.75, 3.05) is 0 Å². The highest BCUT2D eigenvalue weighted by Crippen LogP contribution is 2.41. The van der Waals surface area contributed by atoms with Crippen molar-refractivity contribution in [2.24, 2.45) is 0 Å². The Bertz CT molecular complexity index is 914. The van der Waals surface area contributed by atoms with Crippen molar-refractivity contribution < 1.29 is 4.39 Å². The Morgan fingerprint density at radius 1 is 1.00 bits per heavy atom. The fourth-order valence-corrected chi connectivity index (χ4v) is 4.44. The number of thiazole rings is 1. The number of hydrogen-bond donors (Lipinski definition) is 0. The lowest BCUT2D eigenvalue weighted by Gasteiger charge is -2.04. The zero-order valence-electron chi connectivity index (χ0n) is 11.3. The summed E-state index contributed by atoms with van der Waals surface area (Å²) in [6.45, 7) is 0. The number of nitrogens with zero attached hydrogens (tertiary/aromatic N) is 3. The minimum Gasteiger partial charge on any atom is -0.207 e. The van der Waals surface area contributed by atoms with Crippen LogP contribution in [0.4, 0.5) is 4.39 Å². The van der Waals surface area contributed by atoms with Crippen LogP contribution in [-0.4, -0.2) is 14.6 Å². The van der Waals surface area contributed by atoms with Gasteiger partial charge in [0.1, 0.15) is 12.1 Å². The Kier molecular flexibility index (Phi) is 3.40. The second kappa shape index (κ2) is 5.55. The average molecular weight is 327 g/mol. The summed E-state index contributed by atoms with van der Waals surface area (Å²) in [4.78, 5) is 6.12. The van der Waals surface area contributed by atoms with E-state index in [1.54, 1.807) is 41.6 Å². The number of hydrogen-bond acceptors (Lipinski definition) is 4. The molecule has 4 rings (SSSR count). The molecule has 0 aliphatic rings. The van der Waals surface area contributed by atoms with E-state index in [4.69, 9.17) is 0 Å². The molecule has 0 N–H and O–H groups in total. The third kappa shape index (κ3) is 2.40. The first-order valence-corrected chi connectivity index (χ1v) is 8.26. The van der Waals surface area contributed by atoms with Crippen LogP contribution in [0.3, 0.4) is 0 Å².